The van der Waals surface area contributed by atoms with Crippen molar-refractivity contribution in [1.82, 2.24) is 9.97 Å². The summed E-state index contributed by atoms with van der Waals surface area (Å²) in [5, 5.41) is 14.9. The number of rotatable bonds is 4. The standard InChI is InChI=1S/C10H15N5/c1-4-12-8-5-9(14-7-13-8)15-10(2,3)6-11/h5,7H,4H2,1-3H3,(H2,12,13,14,15). The molecule has 0 aromatic carbocycles. The Hall–Kier alpha value is -1.83. The lowest BCUT2D eigenvalue weighted by molar-refractivity contribution is 0.723. The van der Waals surface area contributed by atoms with Crippen molar-refractivity contribution in [3.8, 4) is 6.07 Å². The highest BCUT2D eigenvalue weighted by Crippen LogP contribution is 2.13. The maximum atomic E-state index is 8.86. The maximum Gasteiger partial charge on any atom is 0.132 e. The molecular formula is C10H15N5. The first kappa shape index (κ1) is 11.2. The Morgan fingerprint density at radius 2 is 2.07 bits per heavy atom. The minimum atomic E-state index is -0.627. The Kier molecular flexibility index (Phi) is 3.45. The smallest absolute Gasteiger partial charge is 0.132 e. The van der Waals surface area contributed by atoms with Gasteiger partial charge in [-0.2, -0.15) is 5.26 Å². The van der Waals surface area contributed by atoms with Crippen molar-refractivity contribution in [3.05, 3.63) is 12.4 Å². The summed E-state index contributed by atoms with van der Waals surface area (Å²) in [6.45, 7) is 6.39. The molecule has 0 aliphatic rings. The van der Waals surface area contributed by atoms with Gasteiger partial charge >= 0.3 is 0 Å². The van der Waals surface area contributed by atoms with Gasteiger partial charge in [0.25, 0.3) is 0 Å². The number of nitrogens with zero attached hydrogens (tertiary/aromatic N) is 3. The monoisotopic (exact) mass is 205 g/mol. The van der Waals surface area contributed by atoms with Crippen LogP contribution in [0.3, 0.4) is 0 Å². The number of aromatic nitrogens is 2. The molecule has 5 nitrogen and oxygen atoms in total. The molecule has 0 aliphatic carbocycles. The van der Waals surface area contributed by atoms with Crippen molar-refractivity contribution in [2.45, 2.75) is 26.3 Å². The quantitative estimate of drug-likeness (QED) is 0.781. The molecule has 5 heteroatoms. The van der Waals surface area contributed by atoms with E-state index in [0.717, 1.165) is 12.4 Å². The average molecular weight is 205 g/mol. The third-order valence-electron chi connectivity index (χ3n) is 1.75. The van der Waals surface area contributed by atoms with Crippen molar-refractivity contribution < 1.29 is 0 Å². The third kappa shape index (κ3) is 3.43. The Labute approximate surface area is 89.6 Å². The van der Waals surface area contributed by atoms with Crippen LogP contribution in [0.25, 0.3) is 0 Å². The highest BCUT2D eigenvalue weighted by atomic mass is 15.1. The molecule has 0 saturated carbocycles. The van der Waals surface area contributed by atoms with Crippen LogP contribution in [0, 0.1) is 11.3 Å². The topological polar surface area (TPSA) is 73.6 Å². The Bertz CT molecular complexity index is 366. The first-order valence-electron chi connectivity index (χ1n) is 4.83. The molecule has 0 atom stereocenters. The van der Waals surface area contributed by atoms with Crippen LogP contribution in [-0.2, 0) is 0 Å². The second-order valence-corrected chi connectivity index (χ2v) is 3.68. The van der Waals surface area contributed by atoms with Crippen molar-refractivity contribution in [2.24, 2.45) is 0 Å². The molecule has 80 valence electrons. The van der Waals surface area contributed by atoms with Gasteiger partial charge in [-0.3, -0.25) is 0 Å². The molecule has 0 saturated heterocycles. The summed E-state index contributed by atoms with van der Waals surface area (Å²) in [4.78, 5) is 8.08. The first-order valence-corrected chi connectivity index (χ1v) is 4.83. The third-order valence-corrected chi connectivity index (χ3v) is 1.75. The summed E-state index contributed by atoms with van der Waals surface area (Å²) < 4.78 is 0. The molecule has 1 aromatic heterocycles. The largest absolute Gasteiger partial charge is 0.370 e. The number of nitrogens with one attached hydrogen (secondary N) is 2. The molecule has 1 aromatic rings. The Morgan fingerprint density at radius 3 is 2.67 bits per heavy atom. The minimum absolute atomic E-state index is 0.627. The highest BCUT2D eigenvalue weighted by Gasteiger charge is 2.16. The minimum Gasteiger partial charge on any atom is -0.370 e. The lowest BCUT2D eigenvalue weighted by atomic mass is 10.1. The number of hydrogen-bond donors (Lipinski definition) is 2. The van der Waals surface area contributed by atoms with E-state index in [1.54, 1.807) is 19.9 Å². The van der Waals surface area contributed by atoms with E-state index in [-0.39, 0.29) is 0 Å². The van der Waals surface area contributed by atoms with Crippen LogP contribution >= 0.6 is 0 Å². The molecule has 1 rings (SSSR count). The fourth-order valence-corrected chi connectivity index (χ4v) is 1.05. The predicted molar refractivity (Wildman–Crippen MR) is 59.5 cm³/mol. The van der Waals surface area contributed by atoms with Crippen molar-refractivity contribution in [1.29, 1.82) is 5.26 Å². The normalized spacial score (nSPS) is 10.5. The van der Waals surface area contributed by atoms with Gasteiger partial charge in [-0.05, 0) is 20.8 Å². The molecule has 0 amide bonds. The van der Waals surface area contributed by atoms with Crippen LogP contribution in [0.2, 0.25) is 0 Å². The van der Waals surface area contributed by atoms with Crippen LogP contribution in [-0.4, -0.2) is 22.1 Å². The molecule has 0 unspecified atom stereocenters. The van der Waals surface area contributed by atoms with Gasteiger partial charge in [-0.1, -0.05) is 0 Å². The molecule has 0 spiro atoms. The summed E-state index contributed by atoms with van der Waals surface area (Å²) in [6, 6.07) is 3.93. The van der Waals surface area contributed by atoms with E-state index < -0.39 is 5.54 Å². The zero-order chi connectivity index (χ0) is 11.3. The zero-order valence-corrected chi connectivity index (χ0v) is 9.20. The Balaban J connectivity index is 2.79. The van der Waals surface area contributed by atoms with Crippen molar-refractivity contribution in [2.75, 3.05) is 17.2 Å². The molecule has 0 radical (unpaired) electrons. The summed E-state index contributed by atoms with van der Waals surface area (Å²) in [5.74, 6) is 1.40. The molecule has 0 bridgehead atoms. The van der Waals surface area contributed by atoms with Crippen LogP contribution in [0.5, 0.6) is 0 Å². The molecular weight excluding hydrogens is 190 g/mol. The summed E-state index contributed by atoms with van der Waals surface area (Å²) in [5.41, 5.74) is -0.627. The zero-order valence-electron chi connectivity index (χ0n) is 9.20. The maximum absolute atomic E-state index is 8.86. The van der Waals surface area contributed by atoms with E-state index in [1.165, 1.54) is 6.33 Å². The van der Waals surface area contributed by atoms with Gasteiger partial charge in [0.15, 0.2) is 0 Å². The van der Waals surface area contributed by atoms with Gasteiger partial charge in [0.2, 0.25) is 0 Å². The summed E-state index contributed by atoms with van der Waals surface area (Å²) in [6.07, 6.45) is 1.47. The number of anilines is 2. The second kappa shape index (κ2) is 4.60. The van der Waals surface area contributed by atoms with E-state index in [1.807, 2.05) is 6.92 Å². The Morgan fingerprint density at radius 1 is 1.40 bits per heavy atom. The molecule has 15 heavy (non-hydrogen) atoms. The van der Waals surface area contributed by atoms with E-state index in [9.17, 15) is 0 Å². The van der Waals surface area contributed by atoms with Gasteiger partial charge in [-0.15, -0.1) is 0 Å². The van der Waals surface area contributed by atoms with E-state index in [4.69, 9.17) is 5.26 Å². The van der Waals surface area contributed by atoms with Gasteiger partial charge in [0.1, 0.15) is 23.5 Å². The lowest BCUT2D eigenvalue weighted by Crippen LogP contribution is -2.29. The first-order chi connectivity index (χ1) is 7.07. The predicted octanol–water partition coefficient (Wildman–Crippen LogP) is 1.62. The van der Waals surface area contributed by atoms with Gasteiger partial charge in [-0.25, -0.2) is 9.97 Å². The molecule has 0 fully saturated rings. The van der Waals surface area contributed by atoms with Crippen LogP contribution < -0.4 is 10.6 Å². The van der Waals surface area contributed by atoms with E-state index >= 15 is 0 Å². The molecule has 1 heterocycles. The summed E-state index contributed by atoms with van der Waals surface area (Å²) >= 11 is 0. The lowest BCUT2D eigenvalue weighted by Gasteiger charge is -2.18. The number of hydrogen-bond acceptors (Lipinski definition) is 5. The molecule has 2 N–H and O–H groups in total. The van der Waals surface area contributed by atoms with Gasteiger partial charge < -0.3 is 10.6 Å². The second-order valence-electron chi connectivity index (χ2n) is 3.68. The van der Waals surface area contributed by atoms with Crippen molar-refractivity contribution in [3.63, 3.8) is 0 Å². The summed E-state index contributed by atoms with van der Waals surface area (Å²) in [7, 11) is 0. The average Bonchev–Trinajstić information content (AvgIpc) is 2.18. The highest BCUT2D eigenvalue weighted by molar-refractivity contribution is 5.48. The van der Waals surface area contributed by atoms with E-state index in [2.05, 4.69) is 26.7 Å². The molecule has 0 aliphatic heterocycles. The van der Waals surface area contributed by atoms with Crippen LogP contribution in [0.4, 0.5) is 11.6 Å². The van der Waals surface area contributed by atoms with Crippen molar-refractivity contribution >= 4 is 11.6 Å². The van der Waals surface area contributed by atoms with Gasteiger partial charge in [0.05, 0.1) is 6.07 Å². The fourth-order valence-electron chi connectivity index (χ4n) is 1.05. The van der Waals surface area contributed by atoms with Crippen LogP contribution in [0.15, 0.2) is 12.4 Å². The number of nitriles is 1. The van der Waals surface area contributed by atoms with E-state index in [0.29, 0.717) is 5.82 Å². The van der Waals surface area contributed by atoms with Crippen LogP contribution in [0.1, 0.15) is 20.8 Å². The SMILES string of the molecule is CCNc1cc(NC(C)(C)C#N)ncn1. The van der Waals surface area contributed by atoms with Gasteiger partial charge in [0, 0.05) is 12.6 Å². The fraction of sp³-hybridized carbons (Fsp3) is 0.500.